The number of nitrogens with one attached hydrogen (secondary N) is 1. The van der Waals surface area contributed by atoms with Gasteiger partial charge >= 0.3 is 0 Å². The summed E-state index contributed by atoms with van der Waals surface area (Å²) in [7, 11) is 0. The van der Waals surface area contributed by atoms with Gasteiger partial charge in [0.15, 0.2) is 11.6 Å². The predicted octanol–water partition coefficient (Wildman–Crippen LogP) is 3.04. The molecule has 150 valence electrons. The first-order chi connectivity index (χ1) is 13.8. The van der Waals surface area contributed by atoms with E-state index in [2.05, 4.69) is 15.4 Å². The van der Waals surface area contributed by atoms with Gasteiger partial charge in [-0.1, -0.05) is 13.8 Å². The Bertz CT molecular complexity index is 1070. The summed E-state index contributed by atoms with van der Waals surface area (Å²) in [5.74, 6) is -2.22. The molecule has 3 aromatic rings. The highest BCUT2D eigenvalue weighted by atomic mass is 19.2. The van der Waals surface area contributed by atoms with Gasteiger partial charge in [-0.2, -0.15) is 5.10 Å². The van der Waals surface area contributed by atoms with E-state index in [1.807, 2.05) is 13.8 Å². The van der Waals surface area contributed by atoms with Gasteiger partial charge in [0.1, 0.15) is 0 Å². The Hall–Kier alpha value is -3.42. The number of carbonyl (C=O) groups excluding carboxylic acids is 1. The van der Waals surface area contributed by atoms with E-state index in [1.165, 1.54) is 35.3 Å². The molecule has 2 aromatic heterocycles. The molecule has 3 rings (SSSR count). The van der Waals surface area contributed by atoms with Crippen molar-refractivity contribution in [3.63, 3.8) is 0 Å². The van der Waals surface area contributed by atoms with Crippen LogP contribution in [0.15, 0.2) is 59.7 Å². The van der Waals surface area contributed by atoms with Crippen LogP contribution < -0.4 is 10.9 Å². The number of carbonyl (C=O) groups is 1. The van der Waals surface area contributed by atoms with Crippen molar-refractivity contribution in [3.8, 4) is 11.3 Å². The van der Waals surface area contributed by atoms with Gasteiger partial charge in [0, 0.05) is 29.6 Å². The molecule has 8 heteroatoms. The number of aromatic nitrogens is 3. The molecule has 0 unspecified atom stereocenters. The number of hydrogen-bond acceptors (Lipinski definition) is 4. The highest BCUT2D eigenvalue weighted by Crippen LogP contribution is 2.18. The second-order valence-corrected chi connectivity index (χ2v) is 6.93. The van der Waals surface area contributed by atoms with Gasteiger partial charge in [-0.15, -0.1) is 0 Å². The second-order valence-electron chi connectivity index (χ2n) is 6.93. The van der Waals surface area contributed by atoms with Crippen LogP contribution in [0.4, 0.5) is 8.78 Å². The molecule has 6 nitrogen and oxygen atoms in total. The molecule has 1 aromatic carbocycles. The Morgan fingerprint density at radius 1 is 1.07 bits per heavy atom. The lowest BCUT2D eigenvalue weighted by Gasteiger charge is -2.23. The summed E-state index contributed by atoms with van der Waals surface area (Å²) in [4.78, 5) is 28.6. The van der Waals surface area contributed by atoms with E-state index in [9.17, 15) is 18.4 Å². The maximum absolute atomic E-state index is 13.5. The molecular formula is C21H20F2N4O2. The summed E-state index contributed by atoms with van der Waals surface area (Å²) in [6, 6.07) is 9.01. The SMILES string of the molecule is CC(C)[C@H](Cn1nc(-c2ccc(F)c(F)c2)ccc1=O)NC(=O)c1ccncc1. The highest BCUT2D eigenvalue weighted by Gasteiger charge is 2.19. The number of pyridine rings is 1. The molecular weight excluding hydrogens is 378 g/mol. The monoisotopic (exact) mass is 398 g/mol. The number of nitrogens with zero attached hydrogens (tertiary/aromatic N) is 3. The second kappa shape index (κ2) is 8.72. The van der Waals surface area contributed by atoms with E-state index in [4.69, 9.17) is 0 Å². The maximum Gasteiger partial charge on any atom is 0.266 e. The van der Waals surface area contributed by atoms with Gasteiger partial charge in [0.2, 0.25) is 0 Å². The Labute approximate surface area is 166 Å². The van der Waals surface area contributed by atoms with E-state index in [0.29, 0.717) is 16.8 Å². The van der Waals surface area contributed by atoms with Crippen molar-refractivity contribution in [1.29, 1.82) is 0 Å². The quantitative estimate of drug-likeness (QED) is 0.692. The summed E-state index contributed by atoms with van der Waals surface area (Å²) >= 11 is 0. The minimum absolute atomic E-state index is 0.0152. The van der Waals surface area contributed by atoms with Crippen LogP contribution in [-0.2, 0) is 6.54 Å². The number of rotatable bonds is 6. The zero-order chi connectivity index (χ0) is 21.0. The lowest BCUT2D eigenvalue weighted by Crippen LogP contribution is -2.44. The van der Waals surface area contributed by atoms with Crippen LogP contribution in [0.5, 0.6) is 0 Å². The van der Waals surface area contributed by atoms with E-state index < -0.39 is 11.6 Å². The summed E-state index contributed by atoms with van der Waals surface area (Å²) in [5, 5.41) is 7.18. The lowest BCUT2D eigenvalue weighted by molar-refractivity contribution is 0.0918. The largest absolute Gasteiger partial charge is 0.347 e. The van der Waals surface area contributed by atoms with Crippen molar-refractivity contribution in [2.24, 2.45) is 5.92 Å². The van der Waals surface area contributed by atoms with E-state index >= 15 is 0 Å². The molecule has 0 fully saturated rings. The molecule has 0 spiro atoms. The van der Waals surface area contributed by atoms with Crippen molar-refractivity contribution in [2.75, 3.05) is 0 Å². The zero-order valence-corrected chi connectivity index (χ0v) is 16.0. The Morgan fingerprint density at radius 3 is 2.45 bits per heavy atom. The van der Waals surface area contributed by atoms with Crippen molar-refractivity contribution in [3.05, 3.63) is 82.4 Å². The van der Waals surface area contributed by atoms with Gasteiger partial charge in [-0.3, -0.25) is 14.6 Å². The molecule has 0 bridgehead atoms. The van der Waals surface area contributed by atoms with E-state index in [-0.39, 0.29) is 30.0 Å². The first-order valence-corrected chi connectivity index (χ1v) is 9.09. The van der Waals surface area contributed by atoms with E-state index in [0.717, 1.165) is 12.1 Å². The fourth-order valence-electron chi connectivity index (χ4n) is 2.75. The van der Waals surface area contributed by atoms with Crippen molar-refractivity contribution >= 4 is 5.91 Å². The lowest BCUT2D eigenvalue weighted by atomic mass is 10.0. The molecule has 0 radical (unpaired) electrons. The van der Waals surface area contributed by atoms with Gasteiger partial charge in [-0.25, -0.2) is 13.5 Å². The predicted molar refractivity (Wildman–Crippen MR) is 104 cm³/mol. The van der Waals surface area contributed by atoms with Crippen LogP contribution in [0.2, 0.25) is 0 Å². The molecule has 0 aliphatic carbocycles. The molecule has 2 heterocycles. The fourth-order valence-corrected chi connectivity index (χ4v) is 2.75. The molecule has 0 saturated heterocycles. The summed E-state index contributed by atoms with van der Waals surface area (Å²) in [5.41, 5.74) is 0.771. The minimum atomic E-state index is -0.994. The molecule has 29 heavy (non-hydrogen) atoms. The Morgan fingerprint density at radius 2 is 1.79 bits per heavy atom. The average molecular weight is 398 g/mol. The third kappa shape index (κ3) is 4.90. The van der Waals surface area contributed by atoms with Crippen LogP contribution in [0.25, 0.3) is 11.3 Å². The van der Waals surface area contributed by atoms with E-state index in [1.54, 1.807) is 12.1 Å². The first-order valence-electron chi connectivity index (χ1n) is 9.09. The molecule has 0 aliphatic heterocycles. The van der Waals surface area contributed by atoms with Gasteiger partial charge in [-0.05, 0) is 42.3 Å². The first kappa shape index (κ1) is 20.3. The van der Waals surface area contributed by atoms with Crippen LogP contribution in [0.3, 0.4) is 0 Å². The number of hydrogen-bond donors (Lipinski definition) is 1. The topological polar surface area (TPSA) is 76.9 Å². The normalized spacial score (nSPS) is 12.0. The molecule has 0 saturated carbocycles. The molecule has 1 amide bonds. The molecule has 0 aliphatic rings. The third-order valence-corrected chi connectivity index (χ3v) is 4.52. The van der Waals surface area contributed by atoms with Crippen molar-refractivity contribution in [1.82, 2.24) is 20.1 Å². The van der Waals surface area contributed by atoms with Crippen LogP contribution in [0, 0.1) is 17.6 Å². The van der Waals surface area contributed by atoms with Gasteiger partial charge in [0.05, 0.1) is 18.3 Å². The summed E-state index contributed by atoms with van der Waals surface area (Å²) in [6.45, 7) is 3.97. The minimum Gasteiger partial charge on any atom is -0.347 e. The number of amides is 1. The fraction of sp³-hybridized carbons (Fsp3) is 0.238. The smallest absolute Gasteiger partial charge is 0.266 e. The van der Waals surface area contributed by atoms with Crippen molar-refractivity contribution < 1.29 is 13.6 Å². The van der Waals surface area contributed by atoms with Crippen LogP contribution in [0.1, 0.15) is 24.2 Å². The van der Waals surface area contributed by atoms with Crippen LogP contribution >= 0.6 is 0 Å². The van der Waals surface area contributed by atoms with Gasteiger partial charge in [0.25, 0.3) is 11.5 Å². The third-order valence-electron chi connectivity index (χ3n) is 4.52. The standard InChI is InChI=1S/C21H20F2N4O2/c1-13(2)19(25-21(29)14-7-9-24-10-8-14)12-27-20(28)6-5-18(26-27)15-3-4-16(22)17(23)11-15/h3-11,13,19H,12H2,1-2H3,(H,25,29)/t19-/m0/s1. The number of halogens is 2. The van der Waals surface area contributed by atoms with Crippen molar-refractivity contribution in [2.45, 2.75) is 26.4 Å². The highest BCUT2D eigenvalue weighted by molar-refractivity contribution is 5.94. The Balaban J connectivity index is 1.85. The molecule has 1 N–H and O–H groups in total. The van der Waals surface area contributed by atoms with Gasteiger partial charge < -0.3 is 5.32 Å². The molecule has 1 atom stereocenters. The number of benzene rings is 1. The zero-order valence-electron chi connectivity index (χ0n) is 16.0. The maximum atomic E-state index is 13.5. The average Bonchev–Trinajstić information content (AvgIpc) is 2.71. The Kier molecular flexibility index (Phi) is 6.11. The van der Waals surface area contributed by atoms with Crippen LogP contribution in [-0.4, -0.2) is 26.7 Å². The summed E-state index contributed by atoms with van der Waals surface area (Å²) in [6.07, 6.45) is 3.05. The summed E-state index contributed by atoms with van der Waals surface area (Å²) < 4.78 is 27.9.